The lowest BCUT2D eigenvalue weighted by Crippen LogP contribution is -2.30. The first kappa shape index (κ1) is 14.2. The average Bonchev–Trinajstić information content (AvgIpc) is 2.36. The Labute approximate surface area is 106 Å². The van der Waals surface area contributed by atoms with Crippen molar-refractivity contribution in [2.45, 2.75) is 25.5 Å². The van der Waals surface area contributed by atoms with Gasteiger partial charge in [-0.05, 0) is 5.56 Å². The molecule has 2 amide bonds. The minimum Gasteiger partial charge on any atom is -0.380 e. The predicted molar refractivity (Wildman–Crippen MR) is 67.5 cm³/mol. The van der Waals surface area contributed by atoms with E-state index in [1.165, 1.54) is 7.11 Å². The highest BCUT2D eigenvalue weighted by atomic mass is 16.5. The maximum atomic E-state index is 11.6. The molecule has 0 fully saturated rings. The van der Waals surface area contributed by atoms with Gasteiger partial charge in [0.1, 0.15) is 0 Å². The van der Waals surface area contributed by atoms with Gasteiger partial charge in [-0.1, -0.05) is 30.3 Å². The number of ether oxygens (including phenoxy) is 1. The molecule has 0 saturated carbocycles. The van der Waals surface area contributed by atoms with Crippen LogP contribution in [0.25, 0.3) is 0 Å². The molecular formula is C13H18N2O3. The van der Waals surface area contributed by atoms with Gasteiger partial charge in [0.15, 0.2) is 0 Å². The Morgan fingerprint density at radius 3 is 2.50 bits per heavy atom. The first-order valence-corrected chi connectivity index (χ1v) is 5.73. The van der Waals surface area contributed by atoms with Crippen molar-refractivity contribution in [3.05, 3.63) is 35.9 Å². The van der Waals surface area contributed by atoms with Crippen LogP contribution < -0.4 is 11.1 Å². The van der Waals surface area contributed by atoms with Crippen molar-refractivity contribution in [1.29, 1.82) is 0 Å². The number of carbonyl (C=O) groups excluding carboxylic acids is 2. The van der Waals surface area contributed by atoms with E-state index in [0.717, 1.165) is 5.56 Å². The van der Waals surface area contributed by atoms with Gasteiger partial charge in [0, 0.05) is 13.7 Å². The molecular weight excluding hydrogens is 232 g/mol. The molecule has 1 rings (SSSR count). The van der Waals surface area contributed by atoms with Crippen LogP contribution in [0.1, 0.15) is 18.4 Å². The summed E-state index contributed by atoms with van der Waals surface area (Å²) in [5.41, 5.74) is 6.08. The highest BCUT2D eigenvalue weighted by Crippen LogP contribution is 2.03. The summed E-state index contributed by atoms with van der Waals surface area (Å²) < 4.78 is 5.02. The lowest BCUT2D eigenvalue weighted by molar-refractivity contribution is -0.125. The second kappa shape index (κ2) is 7.45. The van der Waals surface area contributed by atoms with Crippen LogP contribution in [0.2, 0.25) is 0 Å². The molecule has 0 aliphatic rings. The van der Waals surface area contributed by atoms with Gasteiger partial charge in [-0.15, -0.1) is 0 Å². The number of rotatable bonds is 7. The molecule has 3 N–H and O–H groups in total. The zero-order valence-electron chi connectivity index (χ0n) is 10.4. The van der Waals surface area contributed by atoms with E-state index in [0.29, 0.717) is 6.54 Å². The minimum atomic E-state index is -0.474. The predicted octanol–water partition coefficient (Wildman–Crippen LogP) is 0.583. The van der Waals surface area contributed by atoms with Crippen molar-refractivity contribution in [1.82, 2.24) is 5.32 Å². The standard InChI is InChI=1S/C13H18N2O3/c1-18-11(7-12(14)16)8-13(17)15-9-10-5-3-2-4-6-10/h2-6,11H,7-9H2,1H3,(H2,14,16)(H,15,17)/t11-/m1/s1. The van der Waals surface area contributed by atoms with Gasteiger partial charge >= 0.3 is 0 Å². The maximum absolute atomic E-state index is 11.6. The van der Waals surface area contributed by atoms with Gasteiger partial charge in [0.05, 0.1) is 18.9 Å². The summed E-state index contributed by atoms with van der Waals surface area (Å²) in [4.78, 5) is 22.4. The molecule has 0 spiro atoms. The molecule has 0 aliphatic heterocycles. The van der Waals surface area contributed by atoms with Crippen LogP contribution in [0.15, 0.2) is 30.3 Å². The number of carbonyl (C=O) groups is 2. The molecule has 0 bridgehead atoms. The second-order valence-corrected chi connectivity index (χ2v) is 3.99. The highest BCUT2D eigenvalue weighted by Gasteiger charge is 2.15. The Balaban J connectivity index is 2.34. The fourth-order valence-corrected chi connectivity index (χ4v) is 1.54. The van der Waals surface area contributed by atoms with E-state index >= 15 is 0 Å². The number of amides is 2. The maximum Gasteiger partial charge on any atom is 0.222 e. The lowest BCUT2D eigenvalue weighted by Gasteiger charge is -2.13. The Hall–Kier alpha value is -1.88. The Kier molecular flexibility index (Phi) is 5.87. The van der Waals surface area contributed by atoms with Crippen LogP contribution in [-0.2, 0) is 20.9 Å². The van der Waals surface area contributed by atoms with Crippen molar-refractivity contribution < 1.29 is 14.3 Å². The number of primary amides is 1. The first-order valence-electron chi connectivity index (χ1n) is 5.73. The molecule has 5 nitrogen and oxygen atoms in total. The van der Waals surface area contributed by atoms with Gasteiger partial charge in [0.2, 0.25) is 11.8 Å². The number of hydrogen-bond donors (Lipinski definition) is 2. The highest BCUT2D eigenvalue weighted by molar-refractivity contribution is 5.79. The summed E-state index contributed by atoms with van der Waals surface area (Å²) in [5.74, 6) is -0.635. The largest absolute Gasteiger partial charge is 0.380 e. The monoisotopic (exact) mass is 250 g/mol. The number of benzene rings is 1. The minimum absolute atomic E-state index is 0.0509. The zero-order chi connectivity index (χ0) is 13.4. The summed E-state index contributed by atoms with van der Waals surface area (Å²) in [7, 11) is 1.46. The van der Waals surface area contributed by atoms with Crippen molar-refractivity contribution in [3.63, 3.8) is 0 Å². The third-order valence-electron chi connectivity index (χ3n) is 2.51. The van der Waals surface area contributed by atoms with E-state index in [4.69, 9.17) is 10.5 Å². The summed E-state index contributed by atoms with van der Waals surface area (Å²) in [6.45, 7) is 0.465. The van der Waals surface area contributed by atoms with Gasteiger partial charge in [0.25, 0.3) is 0 Å². The molecule has 0 aromatic heterocycles. The van der Waals surface area contributed by atoms with Crippen LogP contribution in [0.4, 0.5) is 0 Å². The van der Waals surface area contributed by atoms with E-state index in [1.807, 2.05) is 30.3 Å². The molecule has 0 saturated heterocycles. The van der Waals surface area contributed by atoms with Crippen molar-refractivity contribution in [3.8, 4) is 0 Å². The molecule has 0 aliphatic carbocycles. The number of methoxy groups -OCH3 is 1. The van der Waals surface area contributed by atoms with E-state index < -0.39 is 12.0 Å². The topological polar surface area (TPSA) is 81.4 Å². The molecule has 98 valence electrons. The number of hydrogen-bond acceptors (Lipinski definition) is 3. The first-order chi connectivity index (χ1) is 8.61. The number of nitrogens with one attached hydrogen (secondary N) is 1. The molecule has 1 aromatic rings. The van der Waals surface area contributed by atoms with Crippen molar-refractivity contribution in [2.75, 3.05) is 7.11 Å². The molecule has 1 atom stereocenters. The molecule has 18 heavy (non-hydrogen) atoms. The summed E-state index contributed by atoms with van der Waals surface area (Å²) in [6.07, 6.45) is -0.278. The van der Waals surface area contributed by atoms with E-state index in [-0.39, 0.29) is 18.7 Å². The van der Waals surface area contributed by atoms with E-state index in [9.17, 15) is 9.59 Å². The van der Waals surface area contributed by atoms with Crippen LogP contribution in [-0.4, -0.2) is 25.0 Å². The van der Waals surface area contributed by atoms with Crippen LogP contribution >= 0.6 is 0 Å². The smallest absolute Gasteiger partial charge is 0.222 e. The van der Waals surface area contributed by atoms with Crippen molar-refractivity contribution >= 4 is 11.8 Å². The third kappa shape index (κ3) is 5.45. The molecule has 0 unspecified atom stereocenters. The molecule has 0 heterocycles. The quantitative estimate of drug-likeness (QED) is 0.743. The summed E-state index contributed by atoms with van der Waals surface area (Å²) >= 11 is 0. The van der Waals surface area contributed by atoms with E-state index in [1.54, 1.807) is 0 Å². The van der Waals surface area contributed by atoms with Gasteiger partial charge in [-0.2, -0.15) is 0 Å². The summed E-state index contributed by atoms with van der Waals surface area (Å²) in [5, 5.41) is 2.77. The van der Waals surface area contributed by atoms with Crippen molar-refractivity contribution in [2.24, 2.45) is 5.73 Å². The average molecular weight is 250 g/mol. The van der Waals surface area contributed by atoms with Gasteiger partial charge < -0.3 is 15.8 Å². The second-order valence-electron chi connectivity index (χ2n) is 3.99. The van der Waals surface area contributed by atoms with Crippen LogP contribution in [0.3, 0.4) is 0 Å². The number of nitrogens with two attached hydrogens (primary N) is 1. The zero-order valence-corrected chi connectivity index (χ0v) is 10.4. The fourth-order valence-electron chi connectivity index (χ4n) is 1.54. The van der Waals surface area contributed by atoms with Crippen LogP contribution in [0, 0.1) is 0 Å². The summed E-state index contributed by atoms with van der Waals surface area (Å²) in [6, 6.07) is 9.59. The lowest BCUT2D eigenvalue weighted by atomic mass is 10.1. The third-order valence-corrected chi connectivity index (χ3v) is 2.51. The Morgan fingerprint density at radius 1 is 1.28 bits per heavy atom. The molecule has 1 aromatic carbocycles. The van der Waals surface area contributed by atoms with Crippen LogP contribution in [0.5, 0.6) is 0 Å². The Bertz CT molecular complexity index is 392. The van der Waals surface area contributed by atoms with Gasteiger partial charge in [-0.3, -0.25) is 9.59 Å². The molecule has 0 radical (unpaired) electrons. The normalized spacial score (nSPS) is 11.8. The Morgan fingerprint density at radius 2 is 1.94 bits per heavy atom. The van der Waals surface area contributed by atoms with Gasteiger partial charge in [-0.25, -0.2) is 0 Å². The fraction of sp³-hybridized carbons (Fsp3) is 0.385. The van der Waals surface area contributed by atoms with E-state index in [2.05, 4.69) is 5.32 Å². The molecule has 5 heteroatoms. The SMILES string of the molecule is CO[C@H](CC(N)=O)CC(=O)NCc1ccccc1.